The highest BCUT2D eigenvalue weighted by Crippen LogP contribution is 2.57. The van der Waals surface area contributed by atoms with Gasteiger partial charge >= 0.3 is 0 Å². The first kappa shape index (κ1) is 15.1. The van der Waals surface area contributed by atoms with Crippen LogP contribution in [0.3, 0.4) is 0 Å². The molecule has 1 aromatic rings. The van der Waals surface area contributed by atoms with Gasteiger partial charge in [-0.05, 0) is 66.5 Å². The molecule has 0 radical (unpaired) electrons. The lowest BCUT2D eigenvalue weighted by atomic mass is 9.69. The highest BCUT2D eigenvalue weighted by atomic mass is 14.9. The highest BCUT2D eigenvalue weighted by molar-refractivity contribution is 5.26. The molecule has 0 heterocycles. The first-order chi connectivity index (χ1) is 10.1. The molecule has 3 atom stereocenters. The number of hydrogen-bond acceptors (Lipinski definition) is 1. The van der Waals surface area contributed by atoms with Gasteiger partial charge in [0.2, 0.25) is 0 Å². The minimum atomic E-state index is 0.540. The Morgan fingerprint density at radius 2 is 1.95 bits per heavy atom. The van der Waals surface area contributed by atoms with Gasteiger partial charge in [-0.25, -0.2) is 0 Å². The number of rotatable bonds is 6. The summed E-state index contributed by atoms with van der Waals surface area (Å²) in [5, 5.41) is 3.67. The lowest BCUT2D eigenvalue weighted by molar-refractivity contribution is 0.157. The molecule has 116 valence electrons. The summed E-state index contributed by atoms with van der Waals surface area (Å²) in [6.45, 7) is 9.11. The highest BCUT2D eigenvalue weighted by Gasteiger charge is 2.50. The van der Waals surface area contributed by atoms with E-state index in [0.717, 1.165) is 18.4 Å². The van der Waals surface area contributed by atoms with Crippen LogP contribution in [0.1, 0.15) is 63.5 Å². The predicted molar refractivity (Wildman–Crippen MR) is 90.7 cm³/mol. The fourth-order valence-electron chi connectivity index (χ4n) is 4.85. The Balaban J connectivity index is 1.75. The van der Waals surface area contributed by atoms with Crippen LogP contribution >= 0.6 is 0 Å². The molecule has 2 fully saturated rings. The molecule has 0 saturated heterocycles. The lowest BCUT2D eigenvalue weighted by Gasteiger charge is -2.38. The van der Waals surface area contributed by atoms with E-state index in [0.29, 0.717) is 11.3 Å². The average molecular weight is 285 g/mol. The molecule has 2 bridgehead atoms. The number of benzene rings is 1. The Kier molecular flexibility index (Phi) is 4.40. The second-order valence-electron chi connectivity index (χ2n) is 7.80. The molecule has 2 aliphatic rings. The Morgan fingerprint density at radius 1 is 1.19 bits per heavy atom. The maximum atomic E-state index is 3.67. The molecule has 1 aromatic carbocycles. The molecule has 0 amide bonds. The number of nitrogens with one attached hydrogen (secondary N) is 1. The van der Waals surface area contributed by atoms with Gasteiger partial charge in [0.15, 0.2) is 0 Å². The Labute approximate surface area is 130 Å². The van der Waals surface area contributed by atoms with Crippen LogP contribution in [0.25, 0.3) is 0 Å². The average Bonchev–Trinajstić information content (AvgIpc) is 3.07. The topological polar surface area (TPSA) is 12.0 Å². The van der Waals surface area contributed by atoms with Gasteiger partial charge in [0.05, 0.1) is 0 Å². The summed E-state index contributed by atoms with van der Waals surface area (Å²) in [4.78, 5) is 0. The number of hydrogen-bond donors (Lipinski definition) is 1. The Bertz CT molecular complexity index is 461. The van der Waals surface area contributed by atoms with Gasteiger partial charge in [0.25, 0.3) is 0 Å². The standard InChI is InChI=1S/C20H31N/c1-4-21-14-20(13-17-7-10-19(20)11-17)12-16-5-8-18(9-6-16)15(2)3/h5-6,8-9,15,17,19,21H,4,7,10-14H2,1-3H3. The third-order valence-corrected chi connectivity index (χ3v) is 6.03. The smallest absolute Gasteiger partial charge is 0.00136 e. The zero-order chi connectivity index (χ0) is 14.9. The summed E-state index contributed by atoms with van der Waals surface area (Å²) < 4.78 is 0. The Morgan fingerprint density at radius 3 is 2.48 bits per heavy atom. The van der Waals surface area contributed by atoms with E-state index >= 15 is 0 Å². The van der Waals surface area contributed by atoms with Crippen LogP contribution in [0.15, 0.2) is 24.3 Å². The first-order valence-corrected chi connectivity index (χ1v) is 8.92. The minimum Gasteiger partial charge on any atom is -0.316 e. The van der Waals surface area contributed by atoms with Crippen LogP contribution in [-0.2, 0) is 6.42 Å². The molecular formula is C20H31N. The van der Waals surface area contributed by atoms with Crippen molar-refractivity contribution in [1.82, 2.24) is 5.32 Å². The van der Waals surface area contributed by atoms with E-state index in [1.165, 1.54) is 44.2 Å². The fourth-order valence-corrected chi connectivity index (χ4v) is 4.85. The SMILES string of the molecule is CCNCC1(Cc2ccc(C(C)C)cc2)CC2CCC1C2. The third kappa shape index (κ3) is 3.04. The molecule has 0 spiro atoms. The van der Waals surface area contributed by atoms with Gasteiger partial charge < -0.3 is 5.32 Å². The van der Waals surface area contributed by atoms with Crippen molar-refractivity contribution in [1.29, 1.82) is 0 Å². The summed E-state index contributed by atoms with van der Waals surface area (Å²) in [6, 6.07) is 9.45. The van der Waals surface area contributed by atoms with Crippen LogP contribution < -0.4 is 5.32 Å². The normalized spacial score (nSPS) is 31.2. The molecule has 21 heavy (non-hydrogen) atoms. The second kappa shape index (κ2) is 6.12. The monoisotopic (exact) mass is 285 g/mol. The molecule has 3 rings (SSSR count). The van der Waals surface area contributed by atoms with Gasteiger partial charge in [-0.15, -0.1) is 0 Å². The van der Waals surface area contributed by atoms with E-state index in [4.69, 9.17) is 0 Å². The van der Waals surface area contributed by atoms with Crippen LogP contribution in [0.5, 0.6) is 0 Å². The van der Waals surface area contributed by atoms with E-state index in [9.17, 15) is 0 Å². The van der Waals surface area contributed by atoms with Crippen molar-refractivity contribution in [2.45, 2.75) is 58.8 Å². The predicted octanol–water partition coefficient (Wildman–Crippen LogP) is 4.77. The van der Waals surface area contributed by atoms with E-state index < -0.39 is 0 Å². The molecule has 1 N–H and O–H groups in total. The quantitative estimate of drug-likeness (QED) is 0.794. The lowest BCUT2D eigenvalue weighted by Crippen LogP contribution is -2.40. The van der Waals surface area contributed by atoms with Crippen LogP contribution in [0.4, 0.5) is 0 Å². The van der Waals surface area contributed by atoms with E-state index in [-0.39, 0.29) is 0 Å². The molecule has 2 aliphatic carbocycles. The van der Waals surface area contributed by atoms with Gasteiger partial charge in [0.1, 0.15) is 0 Å². The second-order valence-corrected chi connectivity index (χ2v) is 7.80. The van der Waals surface area contributed by atoms with E-state index in [2.05, 4.69) is 50.4 Å². The van der Waals surface area contributed by atoms with E-state index in [1.807, 2.05) is 0 Å². The van der Waals surface area contributed by atoms with Crippen molar-refractivity contribution in [2.24, 2.45) is 17.3 Å². The zero-order valence-corrected chi connectivity index (χ0v) is 14.0. The van der Waals surface area contributed by atoms with Crippen molar-refractivity contribution >= 4 is 0 Å². The largest absolute Gasteiger partial charge is 0.316 e. The maximum absolute atomic E-state index is 3.67. The first-order valence-electron chi connectivity index (χ1n) is 8.92. The molecule has 2 saturated carbocycles. The van der Waals surface area contributed by atoms with Crippen molar-refractivity contribution in [3.63, 3.8) is 0 Å². The third-order valence-electron chi connectivity index (χ3n) is 6.03. The minimum absolute atomic E-state index is 0.540. The molecule has 1 nitrogen and oxygen atoms in total. The maximum Gasteiger partial charge on any atom is 0.00136 e. The molecule has 3 unspecified atom stereocenters. The zero-order valence-electron chi connectivity index (χ0n) is 14.0. The summed E-state index contributed by atoms with van der Waals surface area (Å²) in [5.74, 6) is 2.62. The Hall–Kier alpha value is -0.820. The molecule has 0 aliphatic heterocycles. The summed E-state index contributed by atoms with van der Waals surface area (Å²) in [6.07, 6.45) is 7.19. The van der Waals surface area contributed by atoms with Crippen molar-refractivity contribution in [2.75, 3.05) is 13.1 Å². The molecule has 1 heteroatoms. The molecule has 0 aromatic heterocycles. The summed E-state index contributed by atoms with van der Waals surface area (Å²) >= 11 is 0. The van der Waals surface area contributed by atoms with Crippen LogP contribution in [-0.4, -0.2) is 13.1 Å². The van der Waals surface area contributed by atoms with Gasteiger partial charge in [-0.3, -0.25) is 0 Å². The van der Waals surface area contributed by atoms with Gasteiger partial charge in [0, 0.05) is 6.54 Å². The van der Waals surface area contributed by atoms with E-state index in [1.54, 1.807) is 5.56 Å². The molecular weight excluding hydrogens is 254 g/mol. The van der Waals surface area contributed by atoms with Gasteiger partial charge in [-0.1, -0.05) is 51.5 Å². The number of fused-ring (bicyclic) bond motifs is 2. The van der Waals surface area contributed by atoms with Crippen molar-refractivity contribution in [3.8, 4) is 0 Å². The summed E-state index contributed by atoms with van der Waals surface area (Å²) in [7, 11) is 0. The van der Waals surface area contributed by atoms with Gasteiger partial charge in [-0.2, -0.15) is 0 Å². The summed E-state index contributed by atoms with van der Waals surface area (Å²) in [5.41, 5.74) is 3.55. The fraction of sp³-hybridized carbons (Fsp3) is 0.700. The van der Waals surface area contributed by atoms with Crippen LogP contribution in [0.2, 0.25) is 0 Å². The van der Waals surface area contributed by atoms with Crippen molar-refractivity contribution < 1.29 is 0 Å². The van der Waals surface area contributed by atoms with Crippen LogP contribution in [0, 0.1) is 17.3 Å². The van der Waals surface area contributed by atoms with Crippen molar-refractivity contribution in [3.05, 3.63) is 35.4 Å².